The molecule has 0 atom stereocenters. The van der Waals surface area contributed by atoms with Gasteiger partial charge in [0, 0.05) is 36.7 Å². The highest BCUT2D eigenvalue weighted by molar-refractivity contribution is 5.09. The lowest BCUT2D eigenvalue weighted by atomic mass is 9.78. The van der Waals surface area contributed by atoms with E-state index in [2.05, 4.69) is 4.98 Å². The van der Waals surface area contributed by atoms with E-state index in [1.54, 1.807) is 6.20 Å². The maximum absolute atomic E-state index is 13.0. The average molecular weight is 226 g/mol. The first-order valence-corrected chi connectivity index (χ1v) is 5.56. The second kappa shape index (κ2) is 4.09. The number of nitrogens with zero attached hydrogens (tertiary/aromatic N) is 1. The van der Waals surface area contributed by atoms with Crippen LogP contribution in [0.5, 0.6) is 0 Å². The Morgan fingerprint density at radius 3 is 2.44 bits per heavy atom. The molecule has 2 rings (SSSR count). The van der Waals surface area contributed by atoms with E-state index in [4.69, 9.17) is 5.73 Å². The molecule has 1 aliphatic carbocycles. The molecule has 0 aromatic carbocycles. The Morgan fingerprint density at radius 1 is 1.19 bits per heavy atom. The minimum absolute atomic E-state index is 0.101. The summed E-state index contributed by atoms with van der Waals surface area (Å²) in [5.41, 5.74) is 6.52. The summed E-state index contributed by atoms with van der Waals surface area (Å²) in [6, 6.07) is 5.62. The number of alkyl halides is 2. The molecule has 1 saturated carbocycles. The van der Waals surface area contributed by atoms with Gasteiger partial charge in [0.05, 0.1) is 0 Å². The molecule has 0 radical (unpaired) electrons. The van der Waals surface area contributed by atoms with Gasteiger partial charge >= 0.3 is 0 Å². The van der Waals surface area contributed by atoms with E-state index >= 15 is 0 Å². The summed E-state index contributed by atoms with van der Waals surface area (Å²) in [6.45, 7) is 0. The molecular weight excluding hydrogens is 210 g/mol. The van der Waals surface area contributed by atoms with Crippen LogP contribution in [-0.2, 0) is 6.42 Å². The summed E-state index contributed by atoms with van der Waals surface area (Å²) >= 11 is 0. The fourth-order valence-corrected chi connectivity index (χ4v) is 2.15. The van der Waals surface area contributed by atoms with Crippen molar-refractivity contribution < 1.29 is 8.78 Å². The zero-order chi connectivity index (χ0) is 11.6. The van der Waals surface area contributed by atoms with Crippen molar-refractivity contribution in [3.05, 3.63) is 30.1 Å². The molecule has 1 aromatic rings. The van der Waals surface area contributed by atoms with E-state index < -0.39 is 11.5 Å². The standard InChI is InChI=1S/C12H16F2N2/c13-12(14)6-4-11(15,5-7-12)9-10-3-1-2-8-16-10/h1-3,8H,4-7,9,15H2. The van der Waals surface area contributed by atoms with Crippen molar-refractivity contribution in [1.29, 1.82) is 0 Å². The van der Waals surface area contributed by atoms with Crippen molar-refractivity contribution in [3.63, 3.8) is 0 Å². The van der Waals surface area contributed by atoms with Gasteiger partial charge in [-0.3, -0.25) is 4.98 Å². The van der Waals surface area contributed by atoms with Crippen molar-refractivity contribution >= 4 is 0 Å². The van der Waals surface area contributed by atoms with Crippen LogP contribution in [0.25, 0.3) is 0 Å². The van der Waals surface area contributed by atoms with E-state index in [1.165, 1.54) is 0 Å². The maximum atomic E-state index is 13.0. The van der Waals surface area contributed by atoms with E-state index in [-0.39, 0.29) is 12.8 Å². The van der Waals surface area contributed by atoms with Gasteiger partial charge in [-0.1, -0.05) is 6.07 Å². The number of aromatic nitrogens is 1. The Labute approximate surface area is 93.9 Å². The van der Waals surface area contributed by atoms with Gasteiger partial charge in [0.2, 0.25) is 5.92 Å². The molecule has 2 N–H and O–H groups in total. The molecule has 1 aliphatic rings. The number of nitrogens with two attached hydrogens (primary N) is 1. The van der Waals surface area contributed by atoms with Crippen molar-refractivity contribution in [2.24, 2.45) is 5.73 Å². The van der Waals surface area contributed by atoms with Gasteiger partial charge in [-0.05, 0) is 25.0 Å². The molecule has 88 valence electrons. The van der Waals surface area contributed by atoms with Crippen molar-refractivity contribution in [2.75, 3.05) is 0 Å². The Morgan fingerprint density at radius 2 is 1.88 bits per heavy atom. The fourth-order valence-electron chi connectivity index (χ4n) is 2.15. The Balaban J connectivity index is 2.00. The molecule has 2 nitrogen and oxygen atoms in total. The minimum Gasteiger partial charge on any atom is -0.325 e. The third kappa shape index (κ3) is 2.76. The summed E-state index contributed by atoms with van der Waals surface area (Å²) in [6.07, 6.45) is 2.83. The van der Waals surface area contributed by atoms with Crippen LogP contribution in [0.15, 0.2) is 24.4 Å². The van der Waals surface area contributed by atoms with Gasteiger partial charge in [-0.15, -0.1) is 0 Å². The third-order valence-corrected chi connectivity index (χ3v) is 3.24. The quantitative estimate of drug-likeness (QED) is 0.841. The summed E-state index contributed by atoms with van der Waals surface area (Å²) in [4.78, 5) is 4.19. The molecule has 1 heterocycles. The normalized spacial score (nSPS) is 22.9. The fraction of sp³-hybridized carbons (Fsp3) is 0.583. The SMILES string of the molecule is NC1(Cc2ccccn2)CCC(F)(F)CC1. The first-order chi connectivity index (χ1) is 7.49. The minimum atomic E-state index is -2.52. The van der Waals surface area contributed by atoms with E-state index in [9.17, 15) is 8.78 Å². The lowest BCUT2D eigenvalue weighted by Gasteiger charge is -2.36. The molecule has 0 saturated heterocycles. The number of halogens is 2. The Hall–Kier alpha value is -1.03. The van der Waals surface area contributed by atoms with Crippen LogP contribution in [0.4, 0.5) is 8.78 Å². The average Bonchev–Trinajstić information content (AvgIpc) is 2.25. The largest absolute Gasteiger partial charge is 0.325 e. The molecule has 0 amide bonds. The first kappa shape index (κ1) is 11.5. The number of rotatable bonds is 2. The molecule has 0 unspecified atom stereocenters. The van der Waals surface area contributed by atoms with Crippen LogP contribution in [0, 0.1) is 0 Å². The summed E-state index contributed by atoms with van der Waals surface area (Å²) in [7, 11) is 0. The van der Waals surface area contributed by atoms with Crippen LogP contribution in [0.2, 0.25) is 0 Å². The zero-order valence-electron chi connectivity index (χ0n) is 9.13. The predicted molar refractivity (Wildman–Crippen MR) is 58.3 cm³/mol. The van der Waals surface area contributed by atoms with E-state index in [0.717, 1.165) is 5.69 Å². The van der Waals surface area contributed by atoms with Crippen LogP contribution in [0.3, 0.4) is 0 Å². The van der Waals surface area contributed by atoms with Crippen LogP contribution in [0.1, 0.15) is 31.4 Å². The molecule has 0 bridgehead atoms. The molecule has 4 heteroatoms. The van der Waals surface area contributed by atoms with Gasteiger partial charge in [-0.25, -0.2) is 8.78 Å². The predicted octanol–water partition coefficient (Wildman–Crippen LogP) is 2.53. The van der Waals surface area contributed by atoms with Gasteiger partial charge < -0.3 is 5.73 Å². The first-order valence-electron chi connectivity index (χ1n) is 5.56. The van der Waals surface area contributed by atoms with E-state index in [0.29, 0.717) is 19.3 Å². The Bertz CT molecular complexity index is 341. The lowest BCUT2D eigenvalue weighted by Crippen LogP contribution is -2.47. The Kier molecular flexibility index (Phi) is 2.93. The molecule has 1 fully saturated rings. The topological polar surface area (TPSA) is 38.9 Å². The number of hydrogen-bond donors (Lipinski definition) is 1. The molecule has 0 aliphatic heterocycles. The summed E-state index contributed by atoms with van der Waals surface area (Å²) in [5.74, 6) is -2.52. The summed E-state index contributed by atoms with van der Waals surface area (Å²) < 4.78 is 26.0. The lowest BCUT2D eigenvalue weighted by molar-refractivity contribution is -0.0506. The molecule has 16 heavy (non-hydrogen) atoms. The van der Waals surface area contributed by atoms with Gasteiger partial charge in [-0.2, -0.15) is 0 Å². The van der Waals surface area contributed by atoms with Gasteiger partial charge in [0.1, 0.15) is 0 Å². The third-order valence-electron chi connectivity index (χ3n) is 3.24. The van der Waals surface area contributed by atoms with E-state index in [1.807, 2.05) is 18.2 Å². The molecule has 1 aromatic heterocycles. The molecule has 0 spiro atoms. The number of hydrogen-bond acceptors (Lipinski definition) is 2. The highest BCUT2D eigenvalue weighted by Crippen LogP contribution is 2.38. The summed E-state index contributed by atoms with van der Waals surface area (Å²) in [5, 5.41) is 0. The highest BCUT2D eigenvalue weighted by atomic mass is 19.3. The van der Waals surface area contributed by atoms with Crippen LogP contribution in [-0.4, -0.2) is 16.4 Å². The van der Waals surface area contributed by atoms with Gasteiger partial charge in [0.25, 0.3) is 0 Å². The molecular formula is C12H16F2N2. The second-order valence-electron chi connectivity index (χ2n) is 4.72. The second-order valence-corrected chi connectivity index (χ2v) is 4.72. The van der Waals surface area contributed by atoms with Crippen LogP contribution >= 0.6 is 0 Å². The van der Waals surface area contributed by atoms with Gasteiger partial charge in [0.15, 0.2) is 0 Å². The highest BCUT2D eigenvalue weighted by Gasteiger charge is 2.41. The monoisotopic (exact) mass is 226 g/mol. The van der Waals surface area contributed by atoms with Crippen molar-refractivity contribution in [1.82, 2.24) is 4.98 Å². The smallest absolute Gasteiger partial charge is 0.248 e. The number of pyridine rings is 1. The van der Waals surface area contributed by atoms with Crippen LogP contribution < -0.4 is 5.73 Å². The maximum Gasteiger partial charge on any atom is 0.248 e. The van der Waals surface area contributed by atoms with Crippen molar-refractivity contribution in [3.8, 4) is 0 Å². The van der Waals surface area contributed by atoms with Crippen molar-refractivity contribution in [2.45, 2.75) is 43.6 Å². The zero-order valence-corrected chi connectivity index (χ0v) is 9.13.